The molecule has 1 fully saturated rings. The first-order valence-electron chi connectivity index (χ1n) is 6.25. The van der Waals surface area contributed by atoms with Crippen molar-refractivity contribution in [2.45, 2.75) is 32.4 Å². The van der Waals surface area contributed by atoms with Crippen molar-refractivity contribution in [3.8, 4) is 0 Å². The van der Waals surface area contributed by atoms with Gasteiger partial charge < -0.3 is 10.1 Å². The van der Waals surface area contributed by atoms with Gasteiger partial charge in [-0.15, -0.1) is 0 Å². The molecule has 3 heteroatoms. The van der Waals surface area contributed by atoms with E-state index < -0.39 is 0 Å². The van der Waals surface area contributed by atoms with E-state index in [0.717, 1.165) is 23.5 Å². The Morgan fingerprint density at radius 3 is 2.59 bits per heavy atom. The third-order valence-corrected chi connectivity index (χ3v) is 3.62. The van der Waals surface area contributed by atoms with Gasteiger partial charge in [-0.05, 0) is 30.0 Å². The van der Waals surface area contributed by atoms with Gasteiger partial charge in [-0.3, -0.25) is 0 Å². The zero-order valence-corrected chi connectivity index (χ0v) is 12.0. The third-order valence-electron chi connectivity index (χ3n) is 3.09. The SMILES string of the molecule is CC(C)CC1COC(c2ccc(Br)cc2)CN1. The third kappa shape index (κ3) is 3.80. The predicted octanol–water partition coefficient (Wildman–Crippen LogP) is 3.52. The molecule has 0 saturated carbocycles. The Kier molecular flexibility index (Phi) is 4.60. The van der Waals surface area contributed by atoms with Crippen LogP contribution in [0.1, 0.15) is 31.9 Å². The number of benzene rings is 1. The highest BCUT2D eigenvalue weighted by atomic mass is 79.9. The molecule has 1 heterocycles. The van der Waals surface area contributed by atoms with Crippen molar-refractivity contribution < 1.29 is 4.74 Å². The van der Waals surface area contributed by atoms with E-state index >= 15 is 0 Å². The van der Waals surface area contributed by atoms with E-state index in [2.05, 4.69) is 59.4 Å². The quantitative estimate of drug-likeness (QED) is 0.922. The molecule has 2 rings (SSSR count). The summed E-state index contributed by atoms with van der Waals surface area (Å²) in [6.45, 7) is 6.24. The predicted molar refractivity (Wildman–Crippen MR) is 74.1 cm³/mol. The highest BCUT2D eigenvalue weighted by Crippen LogP contribution is 2.23. The van der Waals surface area contributed by atoms with Crippen LogP contribution in [0.5, 0.6) is 0 Å². The van der Waals surface area contributed by atoms with E-state index in [1.54, 1.807) is 0 Å². The van der Waals surface area contributed by atoms with Crippen LogP contribution < -0.4 is 5.32 Å². The molecule has 2 unspecified atom stereocenters. The minimum Gasteiger partial charge on any atom is -0.371 e. The van der Waals surface area contributed by atoms with Crippen LogP contribution in [0, 0.1) is 5.92 Å². The highest BCUT2D eigenvalue weighted by molar-refractivity contribution is 9.10. The fraction of sp³-hybridized carbons (Fsp3) is 0.571. The molecule has 0 aliphatic carbocycles. The summed E-state index contributed by atoms with van der Waals surface area (Å²) in [5.41, 5.74) is 1.25. The Bertz CT molecular complexity index is 342. The van der Waals surface area contributed by atoms with Gasteiger partial charge in [0, 0.05) is 17.1 Å². The lowest BCUT2D eigenvalue weighted by molar-refractivity contribution is -0.00131. The molecular formula is C14H20BrNO. The molecule has 2 atom stereocenters. The summed E-state index contributed by atoms with van der Waals surface area (Å²) in [7, 11) is 0. The summed E-state index contributed by atoms with van der Waals surface area (Å²) in [6.07, 6.45) is 1.39. The van der Waals surface area contributed by atoms with Crippen LogP contribution in [0.25, 0.3) is 0 Å². The molecule has 17 heavy (non-hydrogen) atoms. The molecule has 0 bridgehead atoms. The molecule has 0 radical (unpaired) electrons. The fourth-order valence-corrected chi connectivity index (χ4v) is 2.50. The molecular weight excluding hydrogens is 278 g/mol. The molecule has 1 aliphatic heterocycles. The Morgan fingerprint density at radius 2 is 2.06 bits per heavy atom. The minimum atomic E-state index is 0.200. The molecule has 1 saturated heterocycles. The van der Waals surface area contributed by atoms with Crippen molar-refractivity contribution >= 4 is 15.9 Å². The van der Waals surface area contributed by atoms with E-state index in [-0.39, 0.29) is 6.10 Å². The number of rotatable bonds is 3. The number of halogens is 1. The molecule has 94 valence electrons. The molecule has 1 N–H and O–H groups in total. The van der Waals surface area contributed by atoms with Crippen molar-refractivity contribution in [2.75, 3.05) is 13.2 Å². The maximum Gasteiger partial charge on any atom is 0.0950 e. The van der Waals surface area contributed by atoms with Crippen LogP contribution in [0.4, 0.5) is 0 Å². The number of ether oxygens (including phenoxy) is 1. The summed E-state index contributed by atoms with van der Waals surface area (Å²) in [5, 5.41) is 3.58. The van der Waals surface area contributed by atoms with Crippen molar-refractivity contribution in [1.29, 1.82) is 0 Å². The Hall–Kier alpha value is -0.380. The maximum absolute atomic E-state index is 5.94. The normalized spacial score (nSPS) is 25.2. The fourth-order valence-electron chi connectivity index (χ4n) is 2.24. The molecule has 1 aliphatic rings. The van der Waals surface area contributed by atoms with Crippen molar-refractivity contribution in [3.05, 3.63) is 34.3 Å². The monoisotopic (exact) mass is 297 g/mol. The first-order valence-corrected chi connectivity index (χ1v) is 7.05. The van der Waals surface area contributed by atoms with Crippen LogP contribution in [0.3, 0.4) is 0 Å². The standard InChI is InChI=1S/C14H20BrNO/c1-10(2)7-13-9-17-14(8-16-13)11-3-5-12(15)6-4-11/h3-6,10,13-14,16H,7-9H2,1-2H3. The minimum absolute atomic E-state index is 0.200. The lowest BCUT2D eigenvalue weighted by Gasteiger charge is -2.31. The van der Waals surface area contributed by atoms with E-state index in [9.17, 15) is 0 Å². The van der Waals surface area contributed by atoms with Gasteiger partial charge in [0.05, 0.1) is 12.7 Å². The number of hydrogen-bond donors (Lipinski definition) is 1. The van der Waals surface area contributed by atoms with Gasteiger partial charge in [0.25, 0.3) is 0 Å². The Morgan fingerprint density at radius 1 is 1.35 bits per heavy atom. The number of morpholine rings is 1. The highest BCUT2D eigenvalue weighted by Gasteiger charge is 2.22. The van der Waals surface area contributed by atoms with E-state index in [1.807, 2.05) is 0 Å². The van der Waals surface area contributed by atoms with Gasteiger partial charge >= 0.3 is 0 Å². The first-order chi connectivity index (χ1) is 8.15. The van der Waals surface area contributed by atoms with Gasteiger partial charge in [0.1, 0.15) is 0 Å². The second-order valence-corrected chi connectivity index (χ2v) is 6.02. The van der Waals surface area contributed by atoms with Crippen molar-refractivity contribution in [3.63, 3.8) is 0 Å². The van der Waals surface area contributed by atoms with E-state index in [1.165, 1.54) is 12.0 Å². The number of hydrogen-bond acceptors (Lipinski definition) is 2. The second kappa shape index (κ2) is 5.98. The van der Waals surface area contributed by atoms with Crippen LogP contribution >= 0.6 is 15.9 Å². The first kappa shape index (κ1) is 13.1. The molecule has 0 spiro atoms. The largest absolute Gasteiger partial charge is 0.371 e. The summed E-state index contributed by atoms with van der Waals surface area (Å²) < 4.78 is 7.05. The molecule has 0 aromatic heterocycles. The summed E-state index contributed by atoms with van der Waals surface area (Å²) in [6, 6.07) is 8.90. The van der Waals surface area contributed by atoms with Crippen LogP contribution in [-0.4, -0.2) is 19.2 Å². The average Bonchev–Trinajstić information content (AvgIpc) is 2.30. The zero-order valence-electron chi connectivity index (χ0n) is 10.4. The summed E-state index contributed by atoms with van der Waals surface area (Å²) >= 11 is 3.45. The van der Waals surface area contributed by atoms with Crippen molar-refractivity contribution in [1.82, 2.24) is 5.32 Å². The lowest BCUT2D eigenvalue weighted by atomic mass is 10.0. The number of nitrogens with one attached hydrogen (secondary N) is 1. The zero-order chi connectivity index (χ0) is 12.3. The van der Waals surface area contributed by atoms with Crippen LogP contribution in [0.15, 0.2) is 28.7 Å². The van der Waals surface area contributed by atoms with E-state index in [4.69, 9.17) is 4.74 Å². The lowest BCUT2D eigenvalue weighted by Crippen LogP contribution is -2.43. The Balaban J connectivity index is 1.88. The van der Waals surface area contributed by atoms with Crippen LogP contribution in [-0.2, 0) is 4.74 Å². The molecule has 0 amide bonds. The van der Waals surface area contributed by atoms with E-state index in [0.29, 0.717) is 6.04 Å². The van der Waals surface area contributed by atoms with Gasteiger partial charge in [-0.25, -0.2) is 0 Å². The molecule has 1 aromatic rings. The molecule has 1 aromatic carbocycles. The molecule has 2 nitrogen and oxygen atoms in total. The van der Waals surface area contributed by atoms with Gasteiger partial charge in [0.2, 0.25) is 0 Å². The van der Waals surface area contributed by atoms with Gasteiger partial charge in [-0.1, -0.05) is 41.9 Å². The van der Waals surface area contributed by atoms with Crippen LogP contribution in [0.2, 0.25) is 0 Å². The van der Waals surface area contributed by atoms with Gasteiger partial charge in [-0.2, -0.15) is 0 Å². The summed E-state index contributed by atoms with van der Waals surface area (Å²) in [4.78, 5) is 0. The van der Waals surface area contributed by atoms with Crippen molar-refractivity contribution in [2.24, 2.45) is 5.92 Å². The topological polar surface area (TPSA) is 21.3 Å². The van der Waals surface area contributed by atoms with Gasteiger partial charge in [0.15, 0.2) is 0 Å². The average molecular weight is 298 g/mol. The Labute approximate surface area is 112 Å². The summed E-state index contributed by atoms with van der Waals surface area (Å²) in [5.74, 6) is 0.723. The smallest absolute Gasteiger partial charge is 0.0950 e. The second-order valence-electron chi connectivity index (χ2n) is 5.11. The maximum atomic E-state index is 5.94.